The van der Waals surface area contributed by atoms with Crippen molar-refractivity contribution in [3.8, 4) is 0 Å². The van der Waals surface area contributed by atoms with Gasteiger partial charge in [0.05, 0.1) is 5.84 Å². The number of nitrogens with one attached hydrogen (secondary N) is 1. The molecule has 0 bridgehead atoms. The Hall–Kier alpha value is -0.670. The Labute approximate surface area is 91.2 Å². The molecule has 0 saturated heterocycles. The van der Waals surface area contributed by atoms with Gasteiger partial charge in [-0.05, 0) is 34.1 Å². The van der Waals surface area contributed by atoms with Crippen LogP contribution in [0.4, 0.5) is 8.78 Å². The summed E-state index contributed by atoms with van der Waals surface area (Å²) in [7, 11) is 0. The molecular formula is C11H22F2N2. The molecule has 1 N–H and O–H groups in total. The molecule has 1 unspecified atom stereocenters. The number of hydrogen-bond acceptors (Lipinski definition) is 1. The lowest BCUT2D eigenvalue weighted by molar-refractivity contribution is 0.123. The number of alkyl halides is 2. The number of rotatable bonds is 4. The van der Waals surface area contributed by atoms with Crippen molar-refractivity contribution in [1.82, 2.24) is 5.32 Å². The quantitative estimate of drug-likeness (QED) is 0.571. The van der Waals surface area contributed by atoms with Crippen molar-refractivity contribution >= 4 is 5.84 Å². The first kappa shape index (κ1) is 14.3. The molecule has 1 atom stereocenters. The molecule has 0 aliphatic heterocycles. The third kappa shape index (κ3) is 7.28. The molecule has 0 spiro atoms. The highest BCUT2D eigenvalue weighted by Gasteiger charge is 2.16. The summed E-state index contributed by atoms with van der Waals surface area (Å²) in [4.78, 5) is 4.01. The second-order valence-electron chi connectivity index (χ2n) is 4.78. The normalized spacial score (nSPS) is 15.6. The minimum Gasteiger partial charge on any atom is -0.369 e. The molecule has 0 aromatic rings. The van der Waals surface area contributed by atoms with Crippen LogP contribution in [-0.4, -0.2) is 23.8 Å². The molecular weight excluding hydrogens is 198 g/mol. The summed E-state index contributed by atoms with van der Waals surface area (Å²) >= 11 is 0. The van der Waals surface area contributed by atoms with E-state index >= 15 is 0 Å². The third-order valence-corrected chi connectivity index (χ3v) is 1.73. The van der Waals surface area contributed by atoms with Gasteiger partial charge >= 0.3 is 0 Å². The Balaban J connectivity index is 4.50. The molecule has 0 saturated carbocycles. The van der Waals surface area contributed by atoms with Crippen LogP contribution in [0.1, 0.15) is 47.5 Å². The number of nitrogens with zero attached hydrogens (tertiary/aromatic N) is 1. The monoisotopic (exact) mass is 220 g/mol. The van der Waals surface area contributed by atoms with E-state index in [-0.39, 0.29) is 5.54 Å². The highest BCUT2D eigenvalue weighted by atomic mass is 19.3. The second kappa shape index (κ2) is 6.03. The topological polar surface area (TPSA) is 24.4 Å². The molecule has 0 heterocycles. The molecule has 0 fully saturated rings. The minimum atomic E-state index is -2.39. The van der Waals surface area contributed by atoms with Gasteiger partial charge in [0.2, 0.25) is 0 Å². The van der Waals surface area contributed by atoms with Crippen molar-refractivity contribution in [1.29, 1.82) is 0 Å². The van der Waals surface area contributed by atoms with Crippen molar-refractivity contribution in [3.63, 3.8) is 0 Å². The first-order valence-corrected chi connectivity index (χ1v) is 5.39. The summed E-state index contributed by atoms with van der Waals surface area (Å²) in [6.45, 7) is 9.42. The third-order valence-electron chi connectivity index (χ3n) is 1.73. The predicted octanol–water partition coefficient (Wildman–Crippen LogP) is 3.23. The van der Waals surface area contributed by atoms with Gasteiger partial charge in [0.25, 0.3) is 6.43 Å². The number of hydrogen-bond donors (Lipinski definition) is 1. The lowest BCUT2D eigenvalue weighted by atomic mass is 10.1. The van der Waals surface area contributed by atoms with E-state index < -0.39 is 12.5 Å². The molecule has 0 amide bonds. The van der Waals surface area contributed by atoms with Gasteiger partial charge in [-0.25, -0.2) is 8.78 Å². The Morgan fingerprint density at radius 1 is 1.33 bits per heavy atom. The molecule has 0 aliphatic rings. The van der Waals surface area contributed by atoms with E-state index in [1.54, 1.807) is 0 Å². The van der Waals surface area contributed by atoms with Crippen LogP contribution in [0.25, 0.3) is 0 Å². The Morgan fingerprint density at radius 2 is 1.87 bits per heavy atom. The first-order valence-electron chi connectivity index (χ1n) is 5.39. The molecule has 0 aromatic carbocycles. The van der Waals surface area contributed by atoms with Crippen LogP contribution in [0, 0.1) is 0 Å². The largest absolute Gasteiger partial charge is 0.369 e. The van der Waals surface area contributed by atoms with Crippen LogP contribution in [0.5, 0.6) is 0 Å². The van der Waals surface area contributed by atoms with Gasteiger partial charge in [-0.1, -0.05) is 6.92 Å². The van der Waals surface area contributed by atoms with E-state index in [2.05, 4.69) is 10.3 Å². The zero-order valence-electron chi connectivity index (χ0n) is 10.3. The zero-order chi connectivity index (χ0) is 12.1. The average molecular weight is 220 g/mol. The van der Waals surface area contributed by atoms with E-state index in [1.165, 1.54) is 6.92 Å². The van der Waals surface area contributed by atoms with Gasteiger partial charge in [-0.15, -0.1) is 0 Å². The highest BCUT2D eigenvalue weighted by Crippen LogP contribution is 2.08. The molecule has 90 valence electrons. The maximum absolute atomic E-state index is 12.3. The maximum Gasteiger partial charge on any atom is 0.260 e. The van der Waals surface area contributed by atoms with Crippen LogP contribution in [0.3, 0.4) is 0 Å². The van der Waals surface area contributed by atoms with Gasteiger partial charge in [0.1, 0.15) is 6.04 Å². The fraction of sp³-hybridized carbons (Fsp3) is 0.909. The maximum atomic E-state index is 12.3. The standard InChI is InChI=1S/C11H22F2N2/c1-6-7-9(15-11(3,4)5)14-8(2)10(12)13/h8,10H,6-7H2,1-5H3,(H,14,15). The van der Waals surface area contributed by atoms with E-state index in [0.29, 0.717) is 12.3 Å². The van der Waals surface area contributed by atoms with Crippen molar-refractivity contribution < 1.29 is 8.78 Å². The molecule has 0 rings (SSSR count). The summed E-state index contributed by atoms with van der Waals surface area (Å²) in [5.41, 5.74) is -0.129. The molecule has 4 heteroatoms. The smallest absolute Gasteiger partial charge is 0.260 e. The van der Waals surface area contributed by atoms with Gasteiger partial charge in [0, 0.05) is 12.0 Å². The van der Waals surface area contributed by atoms with E-state index in [9.17, 15) is 8.78 Å². The summed E-state index contributed by atoms with van der Waals surface area (Å²) in [6.07, 6.45) is -0.773. The van der Waals surface area contributed by atoms with Crippen molar-refractivity contribution in [3.05, 3.63) is 0 Å². The molecule has 2 nitrogen and oxygen atoms in total. The van der Waals surface area contributed by atoms with Crippen molar-refractivity contribution in [2.75, 3.05) is 0 Å². The zero-order valence-corrected chi connectivity index (χ0v) is 10.3. The van der Waals surface area contributed by atoms with E-state index in [0.717, 1.165) is 6.42 Å². The van der Waals surface area contributed by atoms with Crippen molar-refractivity contribution in [2.24, 2.45) is 4.99 Å². The Morgan fingerprint density at radius 3 is 2.20 bits per heavy atom. The van der Waals surface area contributed by atoms with Gasteiger partial charge in [-0.2, -0.15) is 0 Å². The van der Waals surface area contributed by atoms with Crippen LogP contribution >= 0.6 is 0 Å². The second-order valence-corrected chi connectivity index (χ2v) is 4.78. The summed E-state index contributed by atoms with van der Waals surface area (Å²) < 4.78 is 24.7. The van der Waals surface area contributed by atoms with Crippen LogP contribution in [0.2, 0.25) is 0 Å². The first-order chi connectivity index (χ1) is 6.76. The molecule has 0 aromatic heterocycles. The van der Waals surface area contributed by atoms with Crippen LogP contribution in [0.15, 0.2) is 4.99 Å². The predicted molar refractivity (Wildman–Crippen MR) is 60.7 cm³/mol. The lowest BCUT2D eigenvalue weighted by Gasteiger charge is -2.24. The Kier molecular flexibility index (Phi) is 5.76. The average Bonchev–Trinajstić information content (AvgIpc) is 2.00. The summed E-state index contributed by atoms with van der Waals surface area (Å²) in [5.74, 6) is 0.679. The SMILES string of the molecule is CCCC(=NC(C)C(F)F)NC(C)(C)C. The fourth-order valence-corrected chi connectivity index (χ4v) is 1.13. The molecule has 0 aliphatic carbocycles. The summed E-state index contributed by atoms with van der Waals surface area (Å²) in [6, 6.07) is -0.929. The van der Waals surface area contributed by atoms with Gasteiger partial charge in [0.15, 0.2) is 0 Å². The molecule has 0 radical (unpaired) electrons. The van der Waals surface area contributed by atoms with Gasteiger partial charge in [-0.3, -0.25) is 4.99 Å². The fourth-order valence-electron chi connectivity index (χ4n) is 1.13. The number of halogens is 2. The van der Waals surface area contributed by atoms with Crippen LogP contribution in [-0.2, 0) is 0 Å². The number of aliphatic imine (C=N–C) groups is 1. The van der Waals surface area contributed by atoms with Crippen LogP contribution < -0.4 is 5.32 Å². The molecule has 15 heavy (non-hydrogen) atoms. The highest BCUT2D eigenvalue weighted by molar-refractivity contribution is 5.82. The lowest BCUT2D eigenvalue weighted by Crippen LogP contribution is -2.41. The number of amidine groups is 1. The van der Waals surface area contributed by atoms with E-state index in [4.69, 9.17) is 0 Å². The van der Waals surface area contributed by atoms with E-state index in [1.807, 2.05) is 27.7 Å². The van der Waals surface area contributed by atoms with Gasteiger partial charge < -0.3 is 5.32 Å². The van der Waals surface area contributed by atoms with Crippen molar-refractivity contribution in [2.45, 2.75) is 65.5 Å². The minimum absolute atomic E-state index is 0.129. The summed E-state index contributed by atoms with van der Waals surface area (Å²) in [5, 5.41) is 3.16. The Bertz CT molecular complexity index is 207.